The van der Waals surface area contributed by atoms with Crippen LogP contribution in [-0.2, 0) is 34.3 Å². The van der Waals surface area contributed by atoms with Gasteiger partial charge in [-0.2, -0.15) is 0 Å². The fraction of sp³-hybridized carbons (Fsp3) is 0.389. The Labute approximate surface area is 155 Å². The third-order valence-corrected chi connectivity index (χ3v) is 4.22. The summed E-state index contributed by atoms with van der Waals surface area (Å²) in [4.78, 5) is 71.5. The molecule has 0 N–H and O–H groups in total. The molecule has 4 amide bonds. The number of carbonyl (C=O) groups is 5. The van der Waals surface area contributed by atoms with Crippen molar-refractivity contribution in [3.63, 3.8) is 0 Å². The van der Waals surface area contributed by atoms with Crippen molar-refractivity contribution in [1.29, 1.82) is 0 Å². The number of amides is 4. The monoisotopic (exact) mass is 376 g/mol. The van der Waals surface area contributed by atoms with E-state index in [0.29, 0.717) is 11.1 Å². The van der Waals surface area contributed by atoms with Gasteiger partial charge in [-0.05, 0) is 25.0 Å². The van der Waals surface area contributed by atoms with E-state index in [1.54, 1.807) is 31.2 Å². The molecule has 9 heteroatoms. The molecule has 0 spiro atoms. The third kappa shape index (κ3) is 3.40. The summed E-state index contributed by atoms with van der Waals surface area (Å²) in [7, 11) is 0. The first-order valence-electron chi connectivity index (χ1n) is 8.39. The van der Waals surface area contributed by atoms with Gasteiger partial charge >= 0.3 is 18.0 Å². The number of urea groups is 1. The lowest BCUT2D eigenvalue weighted by molar-refractivity contribution is -0.219. The minimum Gasteiger partial charge on any atom is -0.329 e. The van der Waals surface area contributed by atoms with Gasteiger partial charge < -0.3 is 9.68 Å². The Balaban J connectivity index is 2.60. The van der Waals surface area contributed by atoms with Crippen molar-refractivity contribution in [3.05, 3.63) is 35.4 Å². The SMILES string of the molecule is CCC(=O)ON1C(=O)N(OC(=O)CC)C(=O)C(C)(c2ccccc2C)C1=O. The second-order valence-electron chi connectivity index (χ2n) is 6.06. The molecule has 1 fully saturated rings. The molecule has 0 saturated carbocycles. The van der Waals surface area contributed by atoms with E-state index in [9.17, 15) is 24.0 Å². The number of imide groups is 2. The van der Waals surface area contributed by atoms with E-state index >= 15 is 0 Å². The van der Waals surface area contributed by atoms with Gasteiger partial charge in [0.05, 0.1) is 0 Å². The lowest BCUT2D eigenvalue weighted by atomic mass is 9.77. The van der Waals surface area contributed by atoms with Crippen LogP contribution in [-0.4, -0.2) is 39.9 Å². The maximum Gasteiger partial charge on any atom is 0.401 e. The lowest BCUT2D eigenvalue weighted by Gasteiger charge is -2.39. The summed E-state index contributed by atoms with van der Waals surface area (Å²) < 4.78 is 0. The van der Waals surface area contributed by atoms with Crippen molar-refractivity contribution >= 4 is 29.8 Å². The van der Waals surface area contributed by atoms with Crippen molar-refractivity contribution in [2.24, 2.45) is 0 Å². The van der Waals surface area contributed by atoms with Gasteiger partial charge in [0, 0.05) is 12.8 Å². The number of barbiturate groups is 1. The zero-order valence-electron chi connectivity index (χ0n) is 15.5. The molecule has 27 heavy (non-hydrogen) atoms. The predicted molar refractivity (Wildman–Crippen MR) is 90.4 cm³/mol. The van der Waals surface area contributed by atoms with Crippen LogP contribution in [0.1, 0.15) is 44.7 Å². The molecule has 9 nitrogen and oxygen atoms in total. The van der Waals surface area contributed by atoms with Crippen LogP contribution in [0.2, 0.25) is 0 Å². The highest BCUT2D eigenvalue weighted by Gasteiger charge is 2.59. The van der Waals surface area contributed by atoms with Crippen LogP contribution in [0.3, 0.4) is 0 Å². The molecule has 2 rings (SSSR count). The lowest BCUT2D eigenvalue weighted by Crippen LogP contribution is -2.66. The zero-order valence-corrected chi connectivity index (χ0v) is 15.5. The summed E-state index contributed by atoms with van der Waals surface area (Å²) in [6.45, 7) is 5.91. The van der Waals surface area contributed by atoms with Crippen molar-refractivity contribution in [2.45, 2.75) is 46.0 Å². The van der Waals surface area contributed by atoms with Crippen LogP contribution < -0.4 is 0 Å². The van der Waals surface area contributed by atoms with Crippen LogP contribution in [0.5, 0.6) is 0 Å². The molecule has 144 valence electrons. The average Bonchev–Trinajstić information content (AvgIpc) is 2.66. The number of carbonyl (C=O) groups excluding carboxylic acids is 5. The Hall–Kier alpha value is -3.23. The Morgan fingerprint density at radius 3 is 1.78 bits per heavy atom. The topological polar surface area (TPSA) is 110 Å². The van der Waals surface area contributed by atoms with Crippen molar-refractivity contribution in [1.82, 2.24) is 10.1 Å². The predicted octanol–water partition coefficient (Wildman–Crippen LogP) is 1.78. The van der Waals surface area contributed by atoms with Gasteiger partial charge in [-0.25, -0.2) is 14.4 Å². The quantitative estimate of drug-likeness (QED) is 0.720. The summed E-state index contributed by atoms with van der Waals surface area (Å²) in [5, 5.41) is 0.339. The van der Waals surface area contributed by atoms with Crippen LogP contribution in [0.25, 0.3) is 0 Å². The second-order valence-corrected chi connectivity index (χ2v) is 6.06. The zero-order chi connectivity index (χ0) is 20.4. The molecule has 0 bridgehead atoms. The average molecular weight is 376 g/mol. The first-order chi connectivity index (χ1) is 12.7. The summed E-state index contributed by atoms with van der Waals surface area (Å²) in [6.07, 6.45) is -0.221. The normalized spacial score (nSPS) is 16.4. The molecular weight excluding hydrogens is 356 g/mol. The smallest absolute Gasteiger partial charge is 0.329 e. The number of benzene rings is 1. The molecular formula is C18H20N2O7. The number of aryl methyl sites for hydroxylation is 1. The highest BCUT2D eigenvalue weighted by molar-refractivity contribution is 6.22. The summed E-state index contributed by atoms with van der Waals surface area (Å²) in [5.41, 5.74) is -1.04. The molecule has 0 aromatic heterocycles. The van der Waals surface area contributed by atoms with E-state index in [2.05, 4.69) is 0 Å². The fourth-order valence-electron chi connectivity index (χ4n) is 2.61. The Morgan fingerprint density at radius 2 is 1.37 bits per heavy atom. The molecule has 0 unspecified atom stereocenters. The first kappa shape index (κ1) is 20.1. The summed E-state index contributed by atoms with van der Waals surface area (Å²) >= 11 is 0. The van der Waals surface area contributed by atoms with Gasteiger partial charge in [-0.15, -0.1) is 0 Å². The van der Waals surface area contributed by atoms with Crippen LogP contribution in [0, 0.1) is 6.92 Å². The van der Waals surface area contributed by atoms with Crippen molar-refractivity contribution < 1.29 is 33.6 Å². The van der Waals surface area contributed by atoms with Crippen molar-refractivity contribution in [2.75, 3.05) is 0 Å². The molecule has 1 aromatic carbocycles. The van der Waals surface area contributed by atoms with Gasteiger partial charge in [0.2, 0.25) is 0 Å². The van der Waals surface area contributed by atoms with E-state index in [1.807, 2.05) is 0 Å². The molecule has 0 aliphatic carbocycles. The minimum atomic E-state index is -1.93. The number of hydroxylamine groups is 4. The molecule has 1 aromatic rings. The standard InChI is InChI=1S/C18H20N2O7/c1-5-13(21)26-19-15(23)18(4,12-10-8-7-9-11(12)3)16(24)20(17(19)25)27-14(22)6-2/h7-10H,5-6H2,1-4H3. The van der Waals surface area contributed by atoms with Crippen LogP contribution in [0.15, 0.2) is 24.3 Å². The highest BCUT2D eigenvalue weighted by Crippen LogP contribution is 2.35. The largest absolute Gasteiger partial charge is 0.401 e. The molecule has 0 radical (unpaired) electrons. The van der Waals surface area contributed by atoms with Gasteiger partial charge in [-0.1, -0.05) is 48.2 Å². The third-order valence-electron chi connectivity index (χ3n) is 4.22. The van der Waals surface area contributed by atoms with E-state index in [4.69, 9.17) is 9.68 Å². The fourth-order valence-corrected chi connectivity index (χ4v) is 2.61. The highest BCUT2D eigenvalue weighted by atomic mass is 16.8. The Bertz CT molecular complexity index is 778. The molecule has 1 aliphatic rings. The Kier molecular flexibility index (Phi) is 5.63. The maximum absolute atomic E-state index is 13.0. The van der Waals surface area contributed by atoms with Gasteiger partial charge in [0.15, 0.2) is 5.41 Å². The van der Waals surface area contributed by atoms with E-state index in [-0.39, 0.29) is 23.0 Å². The maximum atomic E-state index is 13.0. The van der Waals surface area contributed by atoms with Gasteiger partial charge in [0.25, 0.3) is 11.8 Å². The van der Waals surface area contributed by atoms with Gasteiger partial charge in [0.1, 0.15) is 0 Å². The number of hydrogen-bond acceptors (Lipinski definition) is 7. The van der Waals surface area contributed by atoms with Crippen LogP contribution in [0.4, 0.5) is 4.79 Å². The molecule has 1 heterocycles. The number of hydrogen-bond donors (Lipinski definition) is 0. The van der Waals surface area contributed by atoms with Gasteiger partial charge in [-0.3, -0.25) is 9.59 Å². The van der Waals surface area contributed by atoms with Crippen molar-refractivity contribution in [3.8, 4) is 0 Å². The Morgan fingerprint density at radius 1 is 0.926 bits per heavy atom. The van der Waals surface area contributed by atoms with E-state index in [1.165, 1.54) is 20.8 Å². The molecule has 1 saturated heterocycles. The number of rotatable bonds is 5. The summed E-state index contributed by atoms with van der Waals surface area (Å²) in [6, 6.07) is 5.20. The van der Waals surface area contributed by atoms with Crippen LogP contribution >= 0.6 is 0 Å². The van der Waals surface area contributed by atoms with E-state index < -0.39 is 35.2 Å². The first-order valence-corrected chi connectivity index (χ1v) is 8.39. The number of nitrogens with zero attached hydrogens (tertiary/aromatic N) is 2. The second kappa shape index (κ2) is 7.56. The molecule has 1 aliphatic heterocycles. The minimum absolute atomic E-state index is 0.110. The summed E-state index contributed by atoms with van der Waals surface area (Å²) in [5.74, 6) is -3.81. The van der Waals surface area contributed by atoms with E-state index in [0.717, 1.165) is 0 Å². The molecule has 0 atom stereocenters.